The second kappa shape index (κ2) is 8.86. The quantitative estimate of drug-likeness (QED) is 0.629. The highest BCUT2D eigenvalue weighted by Crippen LogP contribution is 2.55. The molecule has 0 aromatic rings. The molecule has 21 heavy (non-hydrogen) atoms. The van der Waals surface area contributed by atoms with E-state index in [2.05, 4.69) is 50.3 Å². The lowest BCUT2D eigenvalue weighted by Gasteiger charge is -2.39. The van der Waals surface area contributed by atoms with E-state index in [1.165, 1.54) is 0 Å². The van der Waals surface area contributed by atoms with Gasteiger partial charge in [-0.2, -0.15) is 4.20 Å². The zero-order valence-corrected chi connectivity index (χ0v) is 17.1. The largest absolute Gasteiger partial charge is 0.278 e. The number of rotatable bonds is 8. The molecule has 0 saturated heterocycles. The average molecular weight is 340 g/mol. The van der Waals surface area contributed by atoms with E-state index in [1.54, 1.807) is 9.34 Å². The summed E-state index contributed by atoms with van der Waals surface area (Å²) in [5.74, 6) is 3.99. The van der Waals surface area contributed by atoms with Crippen LogP contribution in [-0.4, -0.2) is 92.8 Å². The lowest BCUT2D eigenvalue weighted by Crippen LogP contribution is -2.26. The molecule has 0 bridgehead atoms. The third kappa shape index (κ3) is 5.20. The van der Waals surface area contributed by atoms with Gasteiger partial charge >= 0.3 is 0 Å². The third-order valence-electron chi connectivity index (χ3n) is 3.84. The summed E-state index contributed by atoms with van der Waals surface area (Å²) in [4.78, 5) is 0. The van der Waals surface area contributed by atoms with E-state index in [0.717, 1.165) is 19.0 Å². The first kappa shape index (κ1) is 21.4. The maximum atomic E-state index is 15.3. The summed E-state index contributed by atoms with van der Waals surface area (Å²) < 4.78 is 23.3. The van der Waals surface area contributed by atoms with Crippen molar-refractivity contribution in [2.75, 3.05) is 62.5 Å². The minimum Gasteiger partial charge on any atom is -0.278 e. The van der Waals surface area contributed by atoms with Gasteiger partial charge in [0.1, 0.15) is 0 Å². The number of unbranched alkanes of at least 4 members (excludes halogenated alkanes) is 1. The van der Waals surface area contributed by atoms with Crippen LogP contribution in [0.15, 0.2) is 0 Å². The summed E-state index contributed by atoms with van der Waals surface area (Å²) in [6, 6.07) is 0. The fraction of sp³-hybridized carbons (Fsp3) is 0.857. The highest BCUT2D eigenvalue weighted by atomic mass is 31.2. The summed E-state index contributed by atoms with van der Waals surface area (Å²) in [7, 11) is 11.2. The number of hydrogen-bond acceptors (Lipinski definition) is 4. The molecule has 0 aliphatic carbocycles. The molecule has 0 rings (SSSR count). The van der Waals surface area contributed by atoms with Gasteiger partial charge in [0.2, 0.25) is 0 Å². The molecule has 0 spiro atoms. The van der Waals surface area contributed by atoms with E-state index in [-0.39, 0.29) is 0 Å². The summed E-state index contributed by atoms with van der Waals surface area (Å²) in [6.07, 6.45) is 3.42. The lowest BCUT2D eigenvalue weighted by atomic mass is 10.4. The van der Waals surface area contributed by atoms with Crippen LogP contribution in [0.1, 0.15) is 19.8 Å². The molecule has 0 saturated carbocycles. The van der Waals surface area contributed by atoms with Gasteiger partial charge in [-0.15, -0.1) is 0 Å². The Kier molecular flexibility index (Phi) is 9.02. The van der Waals surface area contributed by atoms with E-state index in [4.69, 9.17) is 0 Å². The van der Waals surface area contributed by atoms with Crippen molar-refractivity contribution in [3.8, 4) is 0 Å². The fourth-order valence-electron chi connectivity index (χ4n) is 2.31. The van der Waals surface area contributed by atoms with Gasteiger partial charge in [0.05, 0.1) is 0 Å². The van der Waals surface area contributed by atoms with Crippen molar-refractivity contribution >= 4 is 26.3 Å². The summed E-state index contributed by atoms with van der Waals surface area (Å²) in [5.41, 5.74) is 0. The van der Waals surface area contributed by atoms with Gasteiger partial charge in [-0.25, -0.2) is 0 Å². The molecular formula is C14H35FN4P2. The van der Waals surface area contributed by atoms with Gasteiger partial charge < -0.3 is 0 Å². The highest BCUT2D eigenvalue weighted by molar-refractivity contribution is 7.76. The molecule has 0 aliphatic rings. The zero-order valence-electron chi connectivity index (χ0n) is 15.3. The molecular weight excluding hydrogens is 305 g/mol. The maximum absolute atomic E-state index is 15.3. The molecule has 0 aromatic heterocycles. The van der Waals surface area contributed by atoms with Crippen molar-refractivity contribution in [3.63, 3.8) is 0 Å². The van der Waals surface area contributed by atoms with Gasteiger partial charge in [0.15, 0.2) is 7.50 Å². The Bertz CT molecular complexity index is 393. The van der Waals surface area contributed by atoms with Crippen LogP contribution < -0.4 is 0 Å². The van der Waals surface area contributed by atoms with Crippen LogP contribution in [0.2, 0.25) is 0 Å². The van der Waals surface area contributed by atoms with Crippen LogP contribution in [-0.2, 0) is 0 Å². The molecule has 0 aromatic carbocycles. The third-order valence-corrected chi connectivity index (χ3v) is 11.2. The summed E-state index contributed by atoms with van der Waals surface area (Å²) in [5, 5.41) is 0. The van der Waals surface area contributed by atoms with Gasteiger partial charge in [0, 0.05) is 7.19 Å². The predicted molar refractivity (Wildman–Crippen MR) is 102 cm³/mol. The lowest BCUT2D eigenvalue weighted by molar-refractivity contribution is 0.513. The standard InChI is InChI=1S/C14H35FN4P2/c1-10-11-12-20(16(2)3,17(4)5)13-14-21(15,18(6)7)19(8)9/h13-14H,10-12H2,1-9H3. The first-order valence-electron chi connectivity index (χ1n) is 7.42. The summed E-state index contributed by atoms with van der Waals surface area (Å²) >= 11 is 0. The Morgan fingerprint density at radius 3 is 1.48 bits per heavy atom. The van der Waals surface area contributed by atoms with Gasteiger partial charge in [-0.05, 0) is 80.6 Å². The average Bonchev–Trinajstić information content (AvgIpc) is 2.37. The number of halogens is 1. The molecule has 128 valence electrons. The molecule has 0 atom stereocenters. The molecule has 4 nitrogen and oxygen atoms in total. The zero-order chi connectivity index (χ0) is 16.8. The SMILES string of the molecule is CCCCP(=CC=P(F)(N(C)C)N(C)C)(N(C)C)N(C)C. The molecule has 0 radical (unpaired) electrons. The van der Waals surface area contributed by atoms with Crippen LogP contribution in [0.25, 0.3) is 0 Å². The Labute approximate surface area is 132 Å². The van der Waals surface area contributed by atoms with Crippen molar-refractivity contribution in [1.29, 1.82) is 0 Å². The van der Waals surface area contributed by atoms with Crippen molar-refractivity contribution in [2.45, 2.75) is 19.8 Å². The maximum Gasteiger partial charge on any atom is 0.183 e. The Hall–Kier alpha value is 0.370. The Balaban J connectivity index is 6.04. The van der Waals surface area contributed by atoms with E-state index in [0.29, 0.717) is 0 Å². The Morgan fingerprint density at radius 2 is 1.19 bits per heavy atom. The minimum absolute atomic E-state index is 1.10. The van der Waals surface area contributed by atoms with Crippen molar-refractivity contribution < 1.29 is 4.20 Å². The van der Waals surface area contributed by atoms with Crippen molar-refractivity contribution in [2.24, 2.45) is 0 Å². The number of nitrogens with zero attached hydrogens (tertiary/aromatic N) is 4. The summed E-state index contributed by atoms with van der Waals surface area (Å²) in [6.45, 7) is 2.20. The Morgan fingerprint density at radius 1 is 0.762 bits per heavy atom. The first-order chi connectivity index (χ1) is 9.54. The topological polar surface area (TPSA) is 13.0 Å². The van der Waals surface area contributed by atoms with Crippen LogP contribution in [0.4, 0.5) is 4.20 Å². The second-order valence-corrected chi connectivity index (χ2v) is 13.1. The van der Waals surface area contributed by atoms with Crippen LogP contribution in [0, 0.1) is 0 Å². The first-order valence-corrected chi connectivity index (χ1v) is 11.0. The van der Waals surface area contributed by atoms with E-state index < -0.39 is 14.7 Å². The molecule has 0 fully saturated rings. The molecule has 7 heteroatoms. The fourth-order valence-corrected chi connectivity index (χ4v) is 8.07. The molecule has 0 heterocycles. The van der Waals surface area contributed by atoms with E-state index in [9.17, 15) is 0 Å². The van der Waals surface area contributed by atoms with Gasteiger partial charge in [0.25, 0.3) is 0 Å². The van der Waals surface area contributed by atoms with Gasteiger partial charge in [-0.1, -0.05) is 13.3 Å². The minimum atomic E-state index is -2.86. The molecule has 0 unspecified atom stereocenters. The molecule has 0 aliphatic heterocycles. The molecule has 0 amide bonds. The van der Waals surface area contributed by atoms with Gasteiger partial charge in [-0.3, -0.25) is 18.7 Å². The van der Waals surface area contributed by atoms with Crippen LogP contribution in [0.3, 0.4) is 0 Å². The van der Waals surface area contributed by atoms with Crippen LogP contribution >= 0.6 is 14.7 Å². The normalized spacial score (nSPS) is 13.6. The highest BCUT2D eigenvalue weighted by Gasteiger charge is 2.25. The van der Waals surface area contributed by atoms with E-state index >= 15 is 4.20 Å². The van der Waals surface area contributed by atoms with Crippen LogP contribution in [0.5, 0.6) is 0 Å². The van der Waals surface area contributed by atoms with E-state index in [1.807, 2.05) is 34.0 Å². The smallest absolute Gasteiger partial charge is 0.183 e. The number of hydrogen-bond donors (Lipinski definition) is 0. The van der Waals surface area contributed by atoms with Crippen molar-refractivity contribution in [1.82, 2.24) is 18.7 Å². The second-order valence-electron chi connectivity index (χ2n) is 6.12. The monoisotopic (exact) mass is 340 g/mol. The predicted octanol–water partition coefficient (Wildman–Crippen LogP) is 3.22. The van der Waals surface area contributed by atoms with Crippen molar-refractivity contribution in [3.05, 3.63) is 0 Å². The molecule has 0 N–H and O–H groups in total.